The molecule has 0 saturated carbocycles. The van der Waals surface area contributed by atoms with Crippen LogP contribution in [0.3, 0.4) is 0 Å². The van der Waals surface area contributed by atoms with E-state index in [1.165, 1.54) is 17.0 Å². The SMILES string of the molecule is CC(C)(C)N(Cc1ccc(F)cc1)C(=O)/C=C/C(=O)O. The van der Waals surface area contributed by atoms with Crippen molar-refractivity contribution in [3.8, 4) is 0 Å². The Morgan fingerprint density at radius 2 is 1.75 bits per heavy atom. The smallest absolute Gasteiger partial charge is 0.328 e. The van der Waals surface area contributed by atoms with Crippen molar-refractivity contribution in [3.63, 3.8) is 0 Å². The van der Waals surface area contributed by atoms with Gasteiger partial charge < -0.3 is 10.0 Å². The topological polar surface area (TPSA) is 57.6 Å². The maximum absolute atomic E-state index is 12.9. The summed E-state index contributed by atoms with van der Waals surface area (Å²) < 4.78 is 12.9. The molecule has 0 atom stereocenters. The van der Waals surface area contributed by atoms with Gasteiger partial charge in [-0.3, -0.25) is 4.79 Å². The van der Waals surface area contributed by atoms with E-state index in [9.17, 15) is 14.0 Å². The molecule has 0 bridgehead atoms. The van der Waals surface area contributed by atoms with Gasteiger partial charge in [0, 0.05) is 24.2 Å². The summed E-state index contributed by atoms with van der Waals surface area (Å²) in [5.41, 5.74) is 0.298. The summed E-state index contributed by atoms with van der Waals surface area (Å²) in [5, 5.41) is 8.57. The minimum absolute atomic E-state index is 0.284. The molecule has 0 fully saturated rings. The third kappa shape index (κ3) is 4.84. The van der Waals surface area contributed by atoms with Crippen LogP contribution in [0.5, 0.6) is 0 Å². The monoisotopic (exact) mass is 279 g/mol. The molecule has 1 aromatic rings. The fourth-order valence-corrected chi connectivity index (χ4v) is 1.65. The molecule has 0 spiro atoms. The highest BCUT2D eigenvalue weighted by Gasteiger charge is 2.25. The molecular formula is C15H18FNO3. The zero-order valence-corrected chi connectivity index (χ0v) is 11.8. The Balaban J connectivity index is 2.93. The van der Waals surface area contributed by atoms with Gasteiger partial charge in [-0.2, -0.15) is 0 Å². The van der Waals surface area contributed by atoms with Crippen LogP contribution in [0, 0.1) is 5.82 Å². The van der Waals surface area contributed by atoms with Crippen molar-refractivity contribution in [3.05, 3.63) is 47.8 Å². The quantitative estimate of drug-likeness (QED) is 0.862. The summed E-state index contributed by atoms with van der Waals surface area (Å²) in [6, 6.07) is 5.85. The van der Waals surface area contributed by atoms with E-state index in [4.69, 9.17) is 5.11 Å². The van der Waals surface area contributed by atoms with Crippen molar-refractivity contribution in [2.45, 2.75) is 32.9 Å². The molecule has 0 saturated heterocycles. The molecule has 0 unspecified atom stereocenters. The van der Waals surface area contributed by atoms with Crippen LogP contribution in [0.2, 0.25) is 0 Å². The number of nitrogens with zero attached hydrogens (tertiary/aromatic N) is 1. The Labute approximate surface area is 117 Å². The summed E-state index contributed by atoms with van der Waals surface area (Å²) in [7, 11) is 0. The largest absolute Gasteiger partial charge is 0.478 e. The van der Waals surface area contributed by atoms with Gasteiger partial charge in [-0.15, -0.1) is 0 Å². The van der Waals surface area contributed by atoms with Gasteiger partial charge in [0.25, 0.3) is 0 Å². The third-order valence-electron chi connectivity index (χ3n) is 2.70. The molecular weight excluding hydrogens is 261 g/mol. The number of hydrogen-bond acceptors (Lipinski definition) is 2. The van der Waals surface area contributed by atoms with E-state index in [1.807, 2.05) is 20.8 Å². The molecule has 0 heterocycles. The number of carboxylic acid groups (broad SMARTS) is 1. The molecule has 0 aromatic heterocycles. The van der Waals surface area contributed by atoms with Crippen LogP contribution in [0.4, 0.5) is 4.39 Å². The zero-order valence-electron chi connectivity index (χ0n) is 11.8. The van der Waals surface area contributed by atoms with E-state index in [0.717, 1.165) is 17.7 Å². The number of carbonyl (C=O) groups excluding carboxylic acids is 1. The van der Waals surface area contributed by atoms with Crippen molar-refractivity contribution in [2.24, 2.45) is 0 Å². The van der Waals surface area contributed by atoms with Crippen LogP contribution < -0.4 is 0 Å². The number of aliphatic carboxylic acids is 1. The molecule has 108 valence electrons. The van der Waals surface area contributed by atoms with Gasteiger partial charge in [-0.1, -0.05) is 12.1 Å². The van der Waals surface area contributed by atoms with E-state index >= 15 is 0 Å². The number of rotatable bonds is 4. The van der Waals surface area contributed by atoms with Crippen LogP contribution >= 0.6 is 0 Å². The normalized spacial score (nSPS) is 11.6. The fraction of sp³-hybridized carbons (Fsp3) is 0.333. The predicted molar refractivity (Wildman–Crippen MR) is 73.5 cm³/mol. The van der Waals surface area contributed by atoms with Crippen molar-refractivity contribution in [1.29, 1.82) is 0 Å². The van der Waals surface area contributed by atoms with E-state index in [2.05, 4.69) is 0 Å². The van der Waals surface area contributed by atoms with Crippen LogP contribution in [-0.2, 0) is 16.1 Å². The van der Waals surface area contributed by atoms with Gasteiger partial charge in [0.15, 0.2) is 0 Å². The van der Waals surface area contributed by atoms with Crippen molar-refractivity contribution in [2.75, 3.05) is 0 Å². The highest BCUT2D eigenvalue weighted by atomic mass is 19.1. The second-order valence-electron chi connectivity index (χ2n) is 5.39. The predicted octanol–water partition coefficient (Wildman–Crippen LogP) is 2.59. The molecule has 4 nitrogen and oxygen atoms in total. The molecule has 1 aromatic carbocycles. The van der Waals surface area contributed by atoms with Crippen LogP contribution in [0.15, 0.2) is 36.4 Å². The van der Waals surface area contributed by atoms with Crippen molar-refractivity contribution < 1.29 is 19.1 Å². The number of carbonyl (C=O) groups is 2. The Kier molecular flexibility index (Phi) is 5.02. The van der Waals surface area contributed by atoms with Gasteiger partial charge >= 0.3 is 5.97 Å². The number of hydrogen-bond donors (Lipinski definition) is 1. The van der Waals surface area contributed by atoms with E-state index in [0.29, 0.717) is 0 Å². The zero-order chi connectivity index (χ0) is 15.3. The van der Waals surface area contributed by atoms with Gasteiger partial charge in [-0.25, -0.2) is 9.18 Å². The maximum atomic E-state index is 12.9. The van der Waals surface area contributed by atoms with Crippen molar-refractivity contribution in [1.82, 2.24) is 4.90 Å². The summed E-state index contributed by atoms with van der Waals surface area (Å²) >= 11 is 0. The first-order chi connectivity index (χ1) is 9.20. The molecule has 1 rings (SSSR count). The molecule has 0 aliphatic rings. The second-order valence-corrected chi connectivity index (χ2v) is 5.39. The molecule has 1 N–H and O–H groups in total. The molecule has 0 aliphatic carbocycles. The molecule has 1 amide bonds. The van der Waals surface area contributed by atoms with E-state index < -0.39 is 17.4 Å². The number of amides is 1. The van der Waals surface area contributed by atoms with E-state index in [1.54, 1.807) is 12.1 Å². The lowest BCUT2D eigenvalue weighted by atomic mass is 10.0. The lowest BCUT2D eigenvalue weighted by Gasteiger charge is -2.35. The summed E-state index contributed by atoms with van der Waals surface area (Å²) in [4.78, 5) is 24.1. The van der Waals surface area contributed by atoms with Crippen LogP contribution in [0.25, 0.3) is 0 Å². The minimum Gasteiger partial charge on any atom is -0.478 e. The third-order valence-corrected chi connectivity index (χ3v) is 2.70. The highest BCUT2D eigenvalue weighted by Crippen LogP contribution is 2.18. The average Bonchev–Trinajstić information content (AvgIpc) is 2.33. The van der Waals surface area contributed by atoms with Crippen molar-refractivity contribution >= 4 is 11.9 Å². The number of benzene rings is 1. The molecule has 0 aliphatic heterocycles. The molecule has 5 heteroatoms. The first-order valence-electron chi connectivity index (χ1n) is 6.17. The Morgan fingerprint density at radius 3 is 2.20 bits per heavy atom. The Hall–Kier alpha value is -2.17. The van der Waals surface area contributed by atoms with Gasteiger partial charge in [0.1, 0.15) is 5.82 Å². The Morgan fingerprint density at radius 1 is 1.20 bits per heavy atom. The summed E-state index contributed by atoms with van der Waals surface area (Å²) in [5.74, 6) is -1.91. The lowest BCUT2D eigenvalue weighted by Crippen LogP contribution is -2.44. The molecule has 0 radical (unpaired) electrons. The fourth-order valence-electron chi connectivity index (χ4n) is 1.65. The highest BCUT2D eigenvalue weighted by molar-refractivity contribution is 5.94. The second kappa shape index (κ2) is 6.32. The lowest BCUT2D eigenvalue weighted by molar-refractivity contribution is -0.134. The van der Waals surface area contributed by atoms with Crippen LogP contribution in [0.1, 0.15) is 26.3 Å². The average molecular weight is 279 g/mol. The maximum Gasteiger partial charge on any atom is 0.328 e. The number of halogens is 1. The van der Waals surface area contributed by atoms with Crippen LogP contribution in [-0.4, -0.2) is 27.4 Å². The van der Waals surface area contributed by atoms with Gasteiger partial charge in [0.05, 0.1) is 0 Å². The first-order valence-corrected chi connectivity index (χ1v) is 6.17. The molecule has 20 heavy (non-hydrogen) atoms. The van der Waals surface area contributed by atoms with E-state index in [-0.39, 0.29) is 12.4 Å². The standard InChI is InChI=1S/C15H18FNO3/c1-15(2,3)17(13(18)8-9-14(19)20)10-11-4-6-12(16)7-5-11/h4-9H,10H2,1-3H3,(H,19,20)/b9-8+. The minimum atomic E-state index is -1.17. The summed E-state index contributed by atoms with van der Waals surface area (Å²) in [6.45, 7) is 5.83. The first kappa shape index (κ1) is 15.9. The van der Waals surface area contributed by atoms with Gasteiger partial charge in [-0.05, 0) is 38.5 Å². The Bertz CT molecular complexity index is 515. The number of carboxylic acids is 1. The summed E-state index contributed by atoms with van der Waals surface area (Å²) in [6.07, 6.45) is 1.84. The van der Waals surface area contributed by atoms with Gasteiger partial charge in [0.2, 0.25) is 5.91 Å².